The number of allylic oxidation sites excluding steroid dienone is 2. The van der Waals surface area contributed by atoms with Crippen LogP contribution in [0.4, 0.5) is 0 Å². The Morgan fingerprint density at radius 1 is 0.449 bits per heavy atom. The van der Waals surface area contributed by atoms with Gasteiger partial charge in [-0.25, -0.2) is 0 Å². The molecule has 78 heavy (non-hydrogen) atoms. The molecule has 12 atom stereocenters. The number of carbonyl (C=O) groups excluding carboxylic acids is 1. The topological polar surface area (TPSA) is 228 Å². The standard InChI is InChI=1S/C64H123NO13/c1-3-5-7-9-11-13-15-17-19-21-23-24-25-26-27-28-30-31-33-35-37-39-41-43-45-47-53(68)52(65-56(69)48-46-44-42-40-38-36-34-32-29-22-20-18-16-14-12-10-8-6-4-2)51-75-63-61(74)59(72)62(55(50-67)77-63)78-64-60(73)58(71)57(70)54(49-66)76-64/h18,20,52-55,57-64,66-68,70-74H,3-17,19,21-51H2,1-2H3,(H,65,69)/b20-18-. The minimum absolute atomic E-state index is 0.204. The van der Waals surface area contributed by atoms with Crippen LogP contribution in [-0.2, 0) is 23.7 Å². The Bertz CT molecular complexity index is 1360. The molecule has 0 aromatic rings. The number of unbranched alkanes of at least 4 members (excludes halogenated alkanes) is 39. The van der Waals surface area contributed by atoms with E-state index < -0.39 is 86.8 Å². The van der Waals surface area contributed by atoms with Gasteiger partial charge in [-0.15, -0.1) is 0 Å². The molecule has 2 rings (SSSR count). The summed E-state index contributed by atoms with van der Waals surface area (Å²) < 4.78 is 22.9. The molecule has 0 spiro atoms. The van der Waals surface area contributed by atoms with Gasteiger partial charge >= 0.3 is 0 Å². The van der Waals surface area contributed by atoms with E-state index >= 15 is 0 Å². The number of ether oxygens (including phenoxy) is 4. The second-order valence-electron chi connectivity index (χ2n) is 23.6. The van der Waals surface area contributed by atoms with E-state index in [4.69, 9.17) is 18.9 Å². The van der Waals surface area contributed by atoms with Gasteiger partial charge in [0, 0.05) is 6.42 Å². The van der Waals surface area contributed by atoms with Gasteiger partial charge in [0.05, 0.1) is 32.0 Å². The zero-order chi connectivity index (χ0) is 56.7. The van der Waals surface area contributed by atoms with Crippen LogP contribution in [0.1, 0.15) is 296 Å². The summed E-state index contributed by atoms with van der Waals surface area (Å²) in [5, 5.41) is 87.5. The van der Waals surface area contributed by atoms with Crippen LogP contribution >= 0.6 is 0 Å². The summed E-state index contributed by atoms with van der Waals surface area (Å²) in [6.45, 7) is 2.90. The highest BCUT2D eigenvalue weighted by molar-refractivity contribution is 5.76. The normalized spacial score (nSPS) is 24.5. The summed E-state index contributed by atoms with van der Waals surface area (Å²) in [6, 6.07) is -0.828. The maximum Gasteiger partial charge on any atom is 0.220 e. The van der Waals surface area contributed by atoms with E-state index in [9.17, 15) is 45.6 Å². The van der Waals surface area contributed by atoms with Crippen LogP contribution in [0.15, 0.2) is 12.2 Å². The summed E-state index contributed by atoms with van der Waals surface area (Å²) in [4.78, 5) is 13.3. The second-order valence-corrected chi connectivity index (χ2v) is 23.6. The third-order valence-corrected chi connectivity index (χ3v) is 16.5. The van der Waals surface area contributed by atoms with Gasteiger partial charge < -0.3 is 65.1 Å². The Labute approximate surface area is 476 Å². The van der Waals surface area contributed by atoms with Gasteiger partial charge in [0.25, 0.3) is 0 Å². The Balaban J connectivity index is 1.70. The first-order chi connectivity index (χ1) is 38.1. The molecular weight excluding hydrogens is 991 g/mol. The lowest BCUT2D eigenvalue weighted by molar-refractivity contribution is -0.359. The molecule has 2 aliphatic rings. The predicted octanol–water partition coefficient (Wildman–Crippen LogP) is 12.2. The number of aliphatic hydroxyl groups excluding tert-OH is 8. The van der Waals surface area contributed by atoms with Crippen LogP contribution < -0.4 is 5.32 Å². The number of nitrogens with one attached hydrogen (secondary N) is 1. The van der Waals surface area contributed by atoms with E-state index in [0.717, 1.165) is 51.4 Å². The highest BCUT2D eigenvalue weighted by Gasteiger charge is 2.51. The van der Waals surface area contributed by atoms with Crippen molar-refractivity contribution in [2.45, 2.75) is 370 Å². The van der Waals surface area contributed by atoms with Crippen molar-refractivity contribution < 1.29 is 64.6 Å². The monoisotopic (exact) mass is 1110 g/mol. The number of aliphatic hydroxyl groups is 8. The Morgan fingerprint density at radius 3 is 1.22 bits per heavy atom. The predicted molar refractivity (Wildman–Crippen MR) is 314 cm³/mol. The van der Waals surface area contributed by atoms with Crippen molar-refractivity contribution in [3.05, 3.63) is 12.2 Å². The average molecular weight is 1110 g/mol. The van der Waals surface area contributed by atoms with Crippen molar-refractivity contribution in [1.82, 2.24) is 5.32 Å². The lowest BCUT2D eigenvalue weighted by Crippen LogP contribution is -2.65. The van der Waals surface area contributed by atoms with E-state index in [1.807, 2.05) is 0 Å². The molecule has 9 N–H and O–H groups in total. The molecule has 462 valence electrons. The molecule has 14 heteroatoms. The van der Waals surface area contributed by atoms with Gasteiger partial charge in [0.1, 0.15) is 48.8 Å². The zero-order valence-corrected chi connectivity index (χ0v) is 49.9. The highest BCUT2D eigenvalue weighted by atomic mass is 16.7. The van der Waals surface area contributed by atoms with Crippen LogP contribution in [0, 0.1) is 0 Å². The molecule has 0 saturated carbocycles. The van der Waals surface area contributed by atoms with Gasteiger partial charge in [0.2, 0.25) is 5.91 Å². The fourth-order valence-corrected chi connectivity index (χ4v) is 11.2. The summed E-state index contributed by atoms with van der Waals surface area (Å²) in [6.07, 6.45) is 42.1. The van der Waals surface area contributed by atoms with E-state index in [2.05, 4.69) is 31.3 Å². The molecule has 0 aromatic carbocycles. The van der Waals surface area contributed by atoms with Gasteiger partial charge in [-0.3, -0.25) is 4.79 Å². The van der Waals surface area contributed by atoms with Crippen molar-refractivity contribution in [2.75, 3.05) is 19.8 Å². The average Bonchev–Trinajstić information content (AvgIpc) is 3.48. The molecule has 0 radical (unpaired) electrons. The van der Waals surface area contributed by atoms with Crippen molar-refractivity contribution in [3.63, 3.8) is 0 Å². The van der Waals surface area contributed by atoms with Crippen molar-refractivity contribution >= 4 is 5.91 Å². The second kappa shape index (κ2) is 50.3. The van der Waals surface area contributed by atoms with Crippen LogP contribution in [0.5, 0.6) is 0 Å². The molecule has 2 heterocycles. The van der Waals surface area contributed by atoms with Gasteiger partial charge in [-0.05, 0) is 38.5 Å². The highest BCUT2D eigenvalue weighted by Crippen LogP contribution is 2.30. The lowest BCUT2D eigenvalue weighted by Gasteiger charge is -2.46. The first-order valence-corrected chi connectivity index (χ1v) is 32.9. The van der Waals surface area contributed by atoms with Crippen LogP contribution in [0.2, 0.25) is 0 Å². The molecule has 2 aliphatic heterocycles. The minimum atomic E-state index is -1.78. The largest absolute Gasteiger partial charge is 0.394 e. The summed E-state index contributed by atoms with van der Waals surface area (Å²) >= 11 is 0. The quantitative estimate of drug-likeness (QED) is 0.0204. The third kappa shape index (κ3) is 35.0. The fourth-order valence-electron chi connectivity index (χ4n) is 11.2. The van der Waals surface area contributed by atoms with Crippen molar-refractivity contribution in [1.29, 1.82) is 0 Å². The molecule has 1 amide bonds. The molecule has 0 bridgehead atoms. The maximum absolute atomic E-state index is 13.3. The van der Waals surface area contributed by atoms with E-state index in [1.165, 1.54) is 218 Å². The lowest BCUT2D eigenvalue weighted by atomic mass is 9.97. The molecule has 0 aliphatic carbocycles. The van der Waals surface area contributed by atoms with E-state index in [-0.39, 0.29) is 12.5 Å². The third-order valence-electron chi connectivity index (χ3n) is 16.5. The first kappa shape index (κ1) is 72.8. The summed E-state index contributed by atoms with van der Waals surface area (Å²) in [5.41, 5.74) is 0. The van der Waals surface area contributed by atoms with Crippen LogP contribution in [0.25, 0.3) is 0 Å². The minimum Gasteiger partial charge on any atom is -0.394 e. The van der Waals surface area contributed by atoms with Gasteiger partial charge in [-0.1, -0.05) is 264 Å². The van der Waals surface area contributed by atoms with Crippen molar-refractivity contribution in [3.8, 4) is 0 Å². The van der Waals surface area contributed by atoms with Crippen LogP contribution in [0.3, 0.4) is 0 Å². The molecule has 12 unspecified atom stereocenters. The number of carbonyl (C=O) groups is 1. The number of hydrogen-bond acceptors (Lipinski definition) is 13. The Hall–Kier alpha value is -1.27. The molecule has 2 fully saturated rings. The van der Waals surface area contributed by atoms with Gasteiger partial charge in [-0.2, -0.15) is 0 Å². The van der Waals surface area contributed by atoms with E-state index in [1.54, 1.807) is 0 Å². The molecule has 2 saturated heterocycles. The number of amides is 1. The Kier molecular flexibility index (Phi) is 46.9. The van der Waals surface area contributed by atoms with Crippen LogP contribution in [-0.4, -0.2) is 140 Å². The maximum atomic E-state index is 13.3. The fraction of sp³-hybridized carbons (Fsp3) is 0.953. The Morgan fingerprint density at radius 2 is 0.808 bits per heavy atom. The smallest absolute Gasteiger partial charge is 0.220 e. The van der Waals surface area contributed by atoms with E-state index in [0.29, 0.717) is 12.8 Å². The SMILES string of the molecule is CCCCCCCC/C=C\CCCCCCCCCCCC(=O)NC(COC1OC(CO)C(OC2OC(CO)C(O)C(O)C2O)C(O)C1O)C(O)CCCCCCCCCCCCCCCCCCCCCCCCCCC. The first-order valence-electron chi connectivity index (χ1n) is 32.9. The van der Waals surface area contributed by atoms with Gasteiger partial charge in [0.15, 0.2) is 12.6 Å². The summed E-state index contributed by atoms with van der Waals surface area (Å²) in [5.74, 6) is -0.204. The molecule has 0 aromatic heterocycles. The van der Waals surface area contributed by atoms with Crippen molar-refractivity contribution in [2.24, 2.45) is 0 Å². The molecular formula is C64H123NO13. The number of rotatable bonds is 54. The number of hydrogen-bond donors (Lipinski definition) is 9. The summed E-state index contributed by atoms with van der Waals surface area (Å²) in [7, 11) is 0. The molecule has 14 nitrogen and oxygen atoms in total. The zero-order valence-electron chi connectivity index (χ0n) is 49.9.